The van der Waals surface area contributed by atoms with Crippen molar-refractivity contribution in [3.05, 3.63) is 70.9 Å². The van der Waals surface area contributed by atoms with Crippen LogP contribution >= 0.6 is 0 Å². The molecule has 2 N–H and O–H groups in total. The van der Waals surface area contributed by atoms with Crippen LogP contribution in [0, 0.1) is 0 Å². The van der Waals surface area contributed by atoms with Gasteiger partial charge in [0.25, 0.3) is 0 Å². The summed E-state index contributed by atoms with van der Waals surface area (Å²) in [5, 5.41) is 4.32. The first-order valence-corrected chi connectivity index (χ1v) is 8.07. The predicted octanol–water partition coefficient (Wildman–Crippen LogP) is 4.07. The molecule has 0 unspecified atom stereocenters. The lowest BCUT2D eigenvalue weighted by Gasteiger charge is -2.09. The lowest BCUT2D eigenvalue weighted by molar-refractivity contribution is 0.0984. The molecule has 3 rings (SSSR count). The lowest BCUT2D eigenvalue weighted by atomic mass is 9.99. The molecule has 2 aromatic carbocycles. The number of H-pyrrole nitrogens is 1. The van der Waals surface area contributed by atoms with Gasteiger partial charge in [0.15, 0.2) is 5.78 Å². The third-order valence-electron chi connectivity index (χ3n) is 4.19. The van der Waals surface area contributed by atoms with Gasteiger partial charge in [0.1, 0.15) is 0 Å². The van der Waals surface area contributed by atoms with Gasteiger partial charge < -0.3 is 10.3 Å². The van der Waals surface area contributed by atoms with Gasteiger partial charge in [-0.15, -0.1) is 0 Å². The predicted molar refractivity (Wildman–Crippen MR) is 94.9 cm³/mol. The van der Waals surface area contributed by atoms with Crippen LogP contribution in [0.25, 0.3) is 10.9 Å². The van der Waals surface area contributed by atoms with E-state index in [1.807, 2.05) is 20.0 Å². The molecule has 0 saturated carbocycles. The maximum atomic E-state index is 11.8. The van der Waals surface area contributed by atoms with Crippen LogP contribution < -0.4 is 5.32 Å². The third kappa shape index (κ3) is 3.35. The molecule has 0 radical (unpaired) electrons. The molecule has 0 fully saturated rings. The minimum Gasteiger partial charge on any atom is -0.352 e. The summed E-state index contributed by atoms with van der Waals surface area (Å²) in [6.45, 7) is 2.76. The Morgan fingerprint density at radius 3 is 2.61 bits per heavy atom. The summed E-state index contributed by atoms with van der Waals surface area (Å²) in [6.07, 6.45) is 1.42. The van der Waals surface area contributed by atoms with Gasteiger partial charge in [0.2, 0.25) is 0 Å². The number of rotatable bonds is 6. The number of fused-ring (bicyclic) bond motifs is 1. The first-order chi connectivity index (χ1) is 11.2. The van der Waals surface area contributed by atoms with Gasteiger partial charge in [-0.2, -0.15) is 0 Å². The van der Waals surface area contributed by atoms with E-state index in [-0.39, 0.29) is 5.78 Å². The van der Waals surface area contributed by atoms with Crippen molar-refractivity contribution < 1.29 is 4.79 Å². The van der Waals surface area contributed by atoms with E-state index in [0.717, 1.165) is 23.9 Å². The quantitative estimate of drug-likeness (QED) is 0.674. The van der Waals surface area contributed by atoms with E-state index in [9.17, 15) is 4.79 Å². The molecule has 0 bridgehead atoms. The Morgan fingerprint density at radius 2 is 1.87 bits per heavy atom. The zero-order valence-electron chi connectivity index (χ0n) is 13.6. The Bertz CT molecular complexity index is 833. The van der Waals surface area contributed by atoms with Crippen molar-refractivity contribution in [3.8, 4) is 0 Å². The number of carbonyl (C=O) groups excluding carboxylic acids is 1. The largest absolute Gasteiger partial charge is 0.352 e. The maximum absolute atomic E-state index is 11.8. The van der Waals surface area contributed by atoms with Crippen LogP contribution in [0.4, 0.5) is 0 Å². The third-order valence-corrected chi connectivity index (χ3v) is 4.19. The minimum atomic E-state index is 0.155. The SMILES string of the molecule is CCC(=O)c1cc2cc(Cc3ccccc3CNC)ccc2[nH]1. The second-order valence-electron chi connectivity index (χ2n) is 5.86. The highest BCUT2D eigenvalue weighted by Gasteiger charge is 2.09. The molecule has 0 saturated heterocycles. The Morgan fingerprint density at radius 1 is 1.09 bits per heavy atom. The normalized spacial score (nSPS) is 11.0. The molecule has 1 heterocycles. The zero-order chi connectivity index (χ0) is 16.2. The van der Waals surface area contributed by atoms with E-state index in [4.69, 9.17) is 0 Å². The Hall–Kier alpha value is -2.39. The number of nitrogens with one attached hydrogen (secondary N) is 2. The number of Topliss-reactive ketones (excluding diaryl/α,β-unsaturated/α-hetero) is 1. The number of ketones is 1. The molecule has 0 aliphatic heterocycles. The molecule has 3 nitrogen and oxygen atoms in total. The van der Waals surface area contributed by atoms with Gasteiger partial charge in [0.05, 0.1) is 5.69 Å². The molecule has 0 aliphatic rings. The first-order valence-electron chi connectivity index (χ1n) is 8.07. The molecular weight excluding hydrogens is 284 g/mol. The average molecular weight is 306 g/mol. The Kier molecular flexibility index (Phi) is 4.58. The highest BCUT2D eigenvalue weighted by Crippen LogP contribution is 2.21. The first kappa shape index (κ1) is 15.5. The summed E-state index contributed by atoms with van der Waals surface area (Å²) in [5.74, 6) is 0.155. The number of carbonyl (C=O) groups is 1. The van der Waals surface area contributed by atoms with E-state index in [1.54, 1.807) is 0 Å². The van der Waals surface area contributed by atoms with E-state index < -0.39 is 0 Å². The maximum Gasteiger partial charge on any atom is 0.178 e. The van der Waals surface area contributed by atoms with Crippen molar-refractivity contribution in [1.82, 2.24) is 10.3 Å². The molecule has 3 aromatic rings. The summed E-state index contributed by atoms with van der Waals surface area (Å²) in [6, 6.07) is 16.8. The fourth-order valence-electron chi connectivity index (χ4n) is 2.95. The average Bonchev–Trinajstić information content (AvgIpc) is 2.99. The van der Waals surface area contributed by atoms with Crippen LogP contribution in [-0.2, 0) is 13.0 Å². The van der Waals surface area contributed by atoms with Crippen molar-refractivity contribution in [2.75, 3.05) is 7.05 Å². The Labute approximate surface area is 136 Å². The van der Waals surface area contributed by atoms with Crippen LogP contribution in [0.5, 0.6) is 0 Å². The topological polar surface area (TPSA) is 44.9 Å². The molecule has 0 aliphatic carbocycles. The number of aromatic nitrogens is 1. The molecular formula is C20H22N2O. The molecule has 0 spiro atoms. The van der Waals surface area contributed by atoms with Crippen molar-refractivity contribution >= 4 is 16.7 Å². The molecule has 0 amide bonds. The van der Waals surface area contributed by atoms with Crippen LogP contribution in [-0.4, -0.2) is 17.8 Å². The van der Waals surface area contributed by atoms with Crippen LogP contribution in [0.2, 0.25) is 0 Å². The lowest BCUT2D eigenvalue weighted by Crippen LogP contribution is -2.07. The minimum absolute atomic E-state index is 0.155. The summed E-state index contributed by atoms with van der Waals surface area (Å²) < 4.78 is 0. The van der Waals surface area contributed by atoms with Crippen LogP contribution in [0.3, 0.4) is 0 Å². The summed E-state index contributed by atoms with van der Waals surface area (Å²) >= 11 is 0. The van der Waals surface area contributed by atoms with Crippen LogP contribution in [0.1, 0.15) is 40.5 Å². The standard InChI is InChI=1S/C20H22N2O/c1-3-20(23)19-12-17-11-14(8-9-18(17)22-19)10-15-6-4-5-7-16(15)13-21-2/h4-9,11-12,21-22H,3,10,13H2,1-2H3. The van der Waals surface area contributed by atoms with Crippen molar-refractivity contribution in [2.24, 2.45) is 0 Å². The number of hydrogen-bond acceptors (Lipinski definition) is 2. The van der Waals surface area contributed by atoms with E-state index in [2.05, 4.69) is 52.8 Å². The zero-order valence-corrected chi connectivity index (χ0v) is 13.6. The summed E-state index contributed by atoms with van der Waals surface area (Å²) in [4.78, 5) is 15.0. The smallest absolute Gasteiger partial charge is 0.178 e. The van der Waals surface area contributed by atoms with Crippen molar-refractivity contribution in [1.29, 1.82) is 0 Å². The fraction of sp³-hybridized carbons (Fsp3) is 0.250. The van der Waals surface area contributed by atoms with E-state index in [0.29, 0.717) is 12.1 Å². The van der Waals surface area contributed by atoms with Gasteiger partial charge in [-0.1, -0.05) is 37.3 Å². The van der Waals surface area contributed by atoms with Gasteiger partial charge >= 0.3 is 0 Å². The fourth-order valence-corrected chi connectivity index (χ4v) is 2.95. The summed E-state index contributed by atoms with van der Waals surface area (Å²) in [5.41, 5.74) is 5.65. The monoisotopic (exact) mass is 306 g/mol. The molecule has 1 aromatic heterocycles. The van der Waals surface area contributed by atoms with Gasteiger partial charge in [-0.3, -0.25) is 4.79 Å². The van der Waals surface area contributed by atoms with E-state index in [1.165, 1.54) is 16.7 Å². The Balaban J connectivity index is 1.90. The van der Waals surface area contributed by atoms with Crippen molar-refractivity contribution in [3.63, 3.8) is 0 Å². The molecule has 0 atom stereocenters. The number of benzene rings is 2. The highest BCUT2D eigenvalue weighted by atomic mass is 16.1. The van der Waals surface area contributed by atoms with Gasteiger partial charge in [-0.25, -0.2) is 0 Å². The molecule has 118 valence electrons. The number of aromatic amines is 1. The second-order valence-corrected chi connectivity index (χ2v) is 5.86. The van der Waals surface area contributed by atoms with Gasteiger partial charge in [-0.05, 0) is 48.4 Å². The van der Waals surface area contributed by atoms with E-state index >= 15 is 0 Å². The van der Waals surface area contributed by atoms with Crippen LogP contribution in [0.15, 0.2) is 48.5 Å². The molecule has 23 heavy (non-hydrogen) atoms. The number of hydrogen-bond donors (Lipinski definition) is 2. The summed E-state index contributed by atoms with van der Waals surface area (Å²) in [7, 11) is 1.97. The second kappa shape index (κ2) is 6.80. The highest BCUT2D eigenvalue weighted by molar-refractivity contribution is 5.99. The molecule has 3 heteroatoms. The van der Waals surface area contributed by atoms with Crippen molar-refractivity contribution in [2.45, 2.75) is 26.3 Å². The van der Waals surface area contributed by atoms with Gasteiger partial charge in [0, 0.05) is 23.9 Å².